The fraction of sp³-hybridized carbons (Fsp3) is 0.300. The summed E-state index contributed by atoms with van der Waals surface area (Å²) in [5.41, 5.74) is 6.93. The van der Waals surface area contributed by atoms with E-state index < -0.39 is 0 Å². The minimum atomic E-state index is 0.382. The summed E-state index contributed by atoms with van der Waals surface area (Å²) in [6.07, 6.45) is 1.01. The highest BCUT2D eigenvalue weighted by Gasteiger charge is 2.15. The number of aliphatic imine (C=N–C) groups is 1. The van der Waals surface area contributed by atoms with Gasteiger partial charge in [0.1, 0.15) is 0 Å². The number of hydrogen-bond donors (Lipinski definition) is 1. The third-order valence-electron chi connectivity index (χ3n) is 2.05. The second-order valence-electron chi connectivity index (χ2n) is 3.12. The molecule has 1 heterocycles. The molecule has 2 nitrogen and oxygen atoms in total. The van der Waals surface area contributed by atoms with E-state index in [0.29, 0.717) is 6.04 Å². The molecule has 0 radical (unpaired) electrons. The Morgan fingerprint density at radius 3 is 2.77 bits per heavy atom. The number of nitrogens with two attached hydrogens (primary N) is 1. The van der Waals surface area contributed by atoms with Gasteiger partial charge in [-0.2, -0.15) is 0 Å². The van der Waals surface area contributed by atoms with Crippen molar-refractivity contribution in [1.82, 2.24) is 0 Å². The summed E-state index contributed by atoms with van der Waals surface area (Å²) in [6.45, 7) is 0. The van der Waals surface area contributed by atoms with Crippen LogP contribution in [0.3, 0.4) is 0 Å². The molecule has 3 heteroatoms. The van der Waals surface area contributed by atoms with Crippen molar-refractivity contribution >= 4 is 16.9 Å². The molecule has 0 bridgehead atoms. The van der Waals surface area contributed by atoms with Gasteiger partial charge >= 0.3 is 0 Å². The Hall–Kier alpha value is -0.960. The molecule has 1 aliphatic heterocycles. The molecule has 0 aromatic heterocycles. The summed E-state index contributed by atoms with van der Waals surface area (Å²) in [5, 5.41) is 0.737. The van der Waals surface area contributed by atoms with Crippen molar-refractivity contribution in [2.24, 2.45) is 10.7 Å². The summed E-state index contributed by atoms with van der Waals surface area (Å²) in [7, 11) is 0. The Labute approximate surface area is 82.2 Å². The van der Waals surface area contributed by atoms with Crippen LogP contribution in [0.4, 0.5) is 0 Å². The van der Waals surface area contributed by atoms with Crippen LogP contribution in [0.2, 0.25) is 0 Å². The molecule has 68 valence electrons. The van der Waals surface area contributed by atoms with E-state index in [1.807, 2.05) is 6.07 Å². The van der Waals surface area contributed by atoms with Gasteiger partial charge in [-0.25, -0.2) is 0 Å². The third-order valence-corrected chi connectivity index (χ3v) is 3.00. The van der Waals surface area contributed by atoms with Crippen molar-refractivity contribution in [1.29, 1.82) is 0 Å². The minimum Gasteiger partial charge on any atom is -0.379 e. The molecule has 1 atom stereocenters. The van der Waals surface area contributed by atoms with E-state index in [1.54, 1.807) is 11.8 Å². The van der Waals surface area contributed by atoms with E-state index >= 15 is 0 Å². The van der Waals surface area contributed by atoms with Crippen molar-refractivity contribution in [3.8, 4) is 0 Å². The fourth-order valence-corrected chi connectivity index (χ4v) is 2.21. The van der Waals surface area contributed by atoms with Gasteiger partial charge < -0.3 is 5.73 Å². The Bertz CT molecular complexity index is 308. The van der Waals surface area contributed by atoms with Crippen LogP contribution in [0.25, 0.3) is 0 Å². The standard InChI is InChI=1S/C10H12N2S/c11-10-12-9(7-13-10)6-8-4-2-1-3-5-8/h1-5,9H,6-7H2,(H2,11,12)/t9-/m1/s1. The van der Waals surface area contributed by atoms with Gasteiger partial charge in [-0.3, -0.25) is 4.99 Å². The predicted octanol–water partition coefficient (Wildman–Crippen LogP) is 1.66. The summed E-state index contributed by atoms with van der Waals surface area (Å²) in [5.74, 6) is 1.03. The van der Waals surface area contributed by atoms with Crippen LogP contribution >= 0.6 is 11.8 Å². The zero-order valence-electron chi connectivity index (χ0n) is 7.31. The molecule has 0 saturated carbocycles. The number of hydrogen-bond acceptors (Lipinski definition) is 3. The Balaban J connectivity index is 2.00. The van der Waals surface area contributed by atoms with Crippen LogP contribution in [0.1, 0.15) is 5.56 Å². The molecule has 2 N–H and O–H groups in total. The SMILES string of the molecule is NC1=N[C@H](Cc2ccccc2)CS1. The van der Waals surface area contributed by atoms with Crippen LogP contribution in [0.5, 0.6) is 0 Å². The van der Waals surface area contributed by atoms with Gasteiger partial charge in [0.05, 0.1) is 6.04 Å². The smallest absolute Gasteiger partial charge is 0.154 e. The Morgan fingerprint density at radius 2 is 2.15 bits per heavy atom. The number of amidine groups is 1. The van der Waals surface area contributed by atoms with Gasteiger partial charge in [0.2, 0.25) is 0 Å². The molecule has 0 saturated heterocycles. The van der Waals surface area contributed by atoms with Gasteiger partial charge in [-0.05, 0) is 12.0 Å². The van der Waals surface area contributed by atoms with Gasteiger partial charge in [0.15, 0.2) is 5.17 Å². The molecule has 13 heavy (non-hydrogen) atoms. The van der Waals surface area contributed by atoms with Crippen LogP contribution in [-0.2, 0) is 6.42 Å². The number of nitrogens with zero attached hydrogens (tertiary/aromatic N) is 1. The van der Waals surface area contributed by atoms with Crippen LogP contribution in [0, 0.1) is 0 Å². The van der Waals surface area contributed by atoms with E-state index in [1.165, 1.54) is 5.56 Å². The Morgan fingerprint density at radius 1 is 1.38 bits per heavy atom. The van der Waals surface area contributed by atoms with Crippen molar-refractivity contribution in [2.45, 2.75) is 12.5 Å². The quantitative estimate of drug-likeness (QED) is 0.774. The lowest BCUT2D eigenvalue weighted by molar-refractivity contribution is 0.762. The molecular formula is C10H12N2S. The van der Waals surface area contributed by atoms with Gasteiger partial charge in [-0.1, -0.05) is 42.1 Å². The average Bonchev–Trinajstić information content (AvgIpc) is 2.53. The summed E-state index contributed by atoms with van der Waals surface area (Å²) in [4.78, 5) is 4.34. The highest BCUT2D eigenvalue weighted by molar-refractivity contribution is 8.14. The number of rotatable bonds is 2. The summed E-state index contributed by atoms with van der Waals surface area (Å²) < 4.78 is 0. The van der Waals surface area contributed by atoms with Crippen LogP contribution in [0.15, 0.2) is 35.3 Å². The molecule has 2 rings (SSSR count). The highest BCUT2D eigenvalue weighted by Crippen LogP contribution is 2.18. The number of benzene rings is 1. The number of thioether (sulfide) groups is 1. The van der Waals surface area contributed by atoms with Crippen molar-refractivity contribution in [2.75, 3.05) is 5.75 Å². The lowest BCUT2D eigenvalue weighted by atomic mass is 10.1. The normalized spacial score (nSPS) is 21.5. The molecule has 0 unspecified atom stereocenters. The van der Waals surface area contributed by atoms with Gasteiger partial charge in [0, 0.05) is 5.75 Å². The average molecular weight is 192 g/mol. The third kappa shape index (κ3) is 2.25. The molecule has 1 aliphatic rings. The lowest BCUT2D eigenvalue weighted by Gasteiger charge is -2.04. The van der Waals surface area contributed by atoms with E-state index in [9.17, 15) is 0 Å². The maximum Gasteiger partial charge on any atom is 0.154 e. The van der Waals surface area contributed by atoms with Crippen molar-refractivity contribution < 1.29 is 0 Å². The zero-order chi connectivity index (χ0) is 9.10. The molecule has 1 aromatic carbocycles. The summed E-state index contributed by atoms with van der Waals surface area (Å²) >= 11 is 1.65. The van der Waals surface area contributed by atoms with E-state index in [2.05, 4.69) is 29.3 Å². The van der Waals surface area contributed by atoms with E-state index in [0.717, 1.165) is 17.3 Å². The second-order valence-corrected chi connectivity index (χ2v) is 4.16. The molecule has 0 fully saturated rings. The van der Waals surface area contributed by atoms with Crippen LogP contribution < -0.4 is 5.73 Å². The van der Waals surface area contributed by atoms with Gasteiger partial charge in [-0.15, -0.1) is 0 Å². The molecule has 0 amide bonds. The largest absolute Gasteiger partial charge is 0.379 e. The van der Waals surface area contributed by atoms with Gasteiger partial charge in [0.25, 0.3) is 0 Å². The maximum absolute atomic E-state index is 5.59. The monoisotopic (exact) mass is 192 g/mol. The topological polar surface area (TPSA) is 38.4 Å². The van der Waals surface area contributed by atoms with Crippen LogP contribution in [-0.4, -0.2) is 17.0 Å². The highest BCUT2D eigenvalue weighted by atomic mass is 32.2. The lowest BCUT2D eigenvalue weighted by Crippen LogP contribution is -2.08. The summed E-state index contributed by atoms with van der Waals surface area (Å²) in [6, 6.07) is 10.8. The first-order chi connectivity index (χ1) is 6.34. The van der Waals surface area contributed by atoms with E-state index in [4.69, 9.17) is 5.73 Å². The first-order valence-electron chi connectivity index (χ1n) is 4.34. The molecule has 0 spiro atoms. The second kappa shape index (κ2) is 3.83. The molecule has 1 aromatic rings. The van der Waals surface area contributed by atoms with Crippen molar-refractivity contribution in [3.05, 3.63) is 35.9 Å². The van der Waals surface area contributed by atoms with E-state index in [-0.39, 0.29) is 0 Å². The fourth-order valence-electron chi connectivity index (χ4n) is 1.43. The molecule has 0 aliphatic carbocycles. The zero-order valence-corrected chi connectivity index (χ0v) is 8.13. The first kappa shape index (κ1) is 8.63. The first-order valence-corrected chi connectivity index (χ1v) is 5.33. The minimum absolute atomic E-state index is 0.382. The Kier molecular flexibility index (Phi) is 2.54. The maximum atomic E-state index is 5.59. The predicted molar refractivity (Wildman–Crippen MR) is 58.0 cm³/mol. The van der Waals surface area contributed by atoms with Crippen molar-refractivity contribution in [3.63, 3.8) is 0 Å². The molecular weight excluding hydrogens is 180 g/mol.